The Balaban J connectivity index is 0.718. The van der Waals surface area contributed by atoms with Crippen molar-refractivity contribution in [3.8, 4) is 11.5 Å². The Morgan fingerprint density at radius 1 is 0.901 bits per heavy atom. The van der Waals surface area contributed by atoms with E-state index in [1.165, 1.54) is 114 Å². The predicted molar refractivity (Wildman–Crippen MR) is 327 cm³/mol. The minimum absolute atomic E-state index is 0.0268. The third kappa shape index (κ3) is 12.9. The number of hydrogen-bond donors (Lipinski definition) is 10. The maximum absolute atomic E-state index is 12.0. The van der Waals surface area contributed by atoms with Gasteiger partial charge in [0.25, 0.3) is 0 Å². The fraction of sp³-hybridized carbons (Fsp3) is 0.742. The molecule has 15 atom stereocenters. The highest BCUT2D eigenvalue weighted by atomic mass is 33.1. The normalized spacial score (nSPS) is 33.3. The van der Waals surface area contributed by atoms with Gasteiger partial charge in [0.2, 0.25) is 0 Å². The minimum Gasteiger partial charge on any atom is -0.504 e. The van der Waals surface area contributed by atoms with Gasteiger partial charge in [-0.25, -0.2) is 4.99 Å². The Labute approximate surface area is 491 Å². The first-order valence-electron chi connectivity index (χ1n) is 32.2. The Bertz CT molecular complexity index is 2590. The lowest BCUT2D eigenvalue weighted by molar-refractivity contribution is 0.0338. The number of aliphatic hydroxyl groups excluding tert-OH is 4. The van der Waals surface area contributed by atoms with Crippen LogP contribution < -0.4 is 26.8 Å². The molecule has 5 saturated carbocycles. The molecule has 12 N–H and O–H groups in total. The summed E-state index contributed by atoms with van der Waals surface area (Å²) in [7, 11) is 3.99. The summed E-state index contributed by atoms with van der Waals surface area (Å²) in [6.07, 6.45) is 30.2. The van der Waals surface area contributed by atoms with E-state index in [0.29, 0.717) is 85.0 Å². The van der Waals surface area contributed by atoms with Crippen LogP contribution in [-0.4, -0.2) is 98.0 Å². The number of phenols is 1. The number of aromatic hydroxyl groups is 1. The minimum atomic E-state index is -0.961. The smallest absolute Gasteiger partial charge is 0.189 e. The highest BCUT2D eigenvalue weighted by Crippen LogP contribution is 2.73. The second kappa shape index (κ2) is 26.6. The Morgan fingerprint density at radius 3 is 2.52 bits per heavy atom. The average Bonchev–Trinajstić information content (AvgIpc) is 4.29. The molecule has 81 heavy (non-hydrogen) atoms. The first-order valence-corrected chi connectivity index (χ1v) is 34.7. The van der Waals surface area contributed by atoms with Crippen molar-refractivity contribution in [2.45, 2.75) is 223 Å². The van der Waals surface area contributed by atoms with Crippen molar-refractivity contribution < 1.29 is 34.7 Å². The van der Waals surface area contributed by atoms with E-state index in [9.17, 15) is 25.5 Å². The number of aromatic amines is 1. The van der Waals surface area contributed by atoms with E-state index in [0.717, 1.165) is 72.0 Å². The van der Waals surface area contributed by atoms with Gasteiger partial charge in [-0.05, 0) is 185 Å². The number of nitrogens with zero attached hydrogens (tertiary/aromatic N) is 1. The quantitative estimate of drug-likeness (QED) is 0.0220. The number of ether oxygens (including phenoxy) is 1. The van der Waals surface area contributed by atoms with Gasteiger partial charge >= 0.3 is 0 Å². The first kappa shape index (κ1) is 59.6. The molecule has 9 aliphatic rings. The Morgan fingerprint density at radius 2 is 1.72 bits per heavy atom. The topological polar surface area (TPSA) is 228 Å². The predicted octanol–water partition coefficient (Wildman–Crippen LogP) is 11.3. The van der Waals surface area contributed by atoms with E-state index in [4.69, 9.17) is 25.6 Å². The van der Waals surface area contributed by atoms with Gasteiger partial charge in [-0.3, -0.25) is 0 Å². The van der Waals surface area contributed by atoms with Gasteiger partial charge < -0.3 is 61.8 Å². The number of furan rings is 1. The van der Waals surface area contributed by atoms with Gasteiger partial charge in [0.15, 0.2) is 17.5 Å². The van der Waals surface area contributed by atoms with Crippen LogP contribution in [0.15, 0.2) is 51.9 Å². The van der Waals surface area contributed by atoms with Crippen molar-refractivity contribution in [1.29, 1.82) is 0 Å². The van der Waals surface area contributed by atoms with Gasteiger partial charge in [-0.2, -0.15) is 0 Å². The number of nitrogens with two attached hydrogens (primary N) is 2. The molecule has 2 aromatic heterocycles. The fourth-order valence-electron chi connectivity index (χ4n) is 18.3. The lowest BCUT2D eigenvalue weighted by atomic mass is 9.51. The number of rotatable bonds is 20. The van der Waals surface area contributed by atoms with Crippen LogP contribution in [0, 0.1) is 52.3 Å². The molecule has 12 rings (SSSR count). The molecule has 8 aliphatic carbocycles. The SMILES string of the molecule is CC(O)CNC(CCCO)C1c2cc(C(O)COc3cc(CCc4cc(CO)c(CCC5CCC6C7CSSCC(N=C(N)NC8CCCCC8)C(C)CCC6C(C5)CC7N)o4)ccc3O)[nH]c2C2C=CC13CCCC3C21CCCC1. The van der Waals surface area contributed by atoms with Crippen molar-refractivity contribution in [3.05, 3.63) is 82.1 Å². The number of nitrogens with one attached hydrogen (secondary N) is 3. The molecule has 6 bridgehead atoms. The van der Waals surface area contributed by atoms with Gasteiger partial charge in [0.1, 0.15) is 24.2 Å². The summed E-state index contributed by atoms with van der Waals surface area (Å²) in [4.78, 5) is 8.97. The van der Waals surface area contributed by atoms with Crippen LogP contribution in [0.1, 0.15) is 206 Å². The molecular weight excluding hydrogens is 1050 g/mol. The molecule has 1 aliphatic heterocycles. The van der Waals surface area contributed by atoms with Gasteiger partial charge in [0, 0.05) is 89.8 Å². The van der Waals surface area contributed by atoms with Gasteiger partial charge in [-0.1, -0.05) is 91.7 Å². The summed E-state index contributed by atoms with van der Waals surface area (Å²) in [5, 5.41) is 61.6. The van der Waals surface area contributed by atoms with E-state index in [1.54, 1.807) is 6.07 Å². The van der Waals surface area contributed by atoms with E-state index in [1.807, 2.05) is 46.7 Å². The molecular formula is C66H100N6O7S2. The molecule has 13 nitrogen and oxygen atoms in total. The summed E-state index contributed by atoms with van der Waals surface area (Å²) >= 11 is 0. The summed E-state index contributed by atoms with van der Waals surface area (Å²) in [6.45, 7) is 4.75. The number of aliphatic hydroxyl groups is 4. The van der Waals surface area contributed by atoms with Crippen LogP contribution in [0.25, 0.3) is 0 Å². The summed E-state index contributed by atoms with van der Waals surface area (Å²) in [5.41, 5.74) is 18.9. The first-order chi connectivity index (χ1) is 39.4. The number of hydrogen-bond acceptors (Lipinski definition) is 12. The Kier molecular flexibility index (Phi) is 19.6. The number of allylic oxidation sites excluding steroid dienone is 2. The van der Waals surface area contributed by atoms with Gasteiger partial charge in [0.05, 0.1) is 18.8 Å². The zero-order valence-corrected chi connectivity index (χ0v) is 50.5. The zero-order valence-electron chi connectivity index (χ0n) is 48.9. The van der Waals surface area contributed by atoms with E-state index < -0.39 is 12.2 Å². The third-order valence-corrected chi connectivity index (χ3v) is 24.7. The molecule has 448 valence electrons. The van der Waals surface area contributed by atoms with Crippen LogP contribution in [0.3, 0.4) is 0 Å². The lowest BCUT2D eigenvalue weighted by Crippen LogP contribution is -2.50. The van der Waals surface area contributed by atoms with E-state index >= 15 is 0 Å². The Hall–Kier alpha value is -3.15. The highest BCUT2D eigenvalue weighted by Gasteiger charge is 2.65. The molecule has 0 amide bonds. The monoisotopic (exact) mass is 1150 g/mol. The molecule has 15 unspecified atom stereocenters. The molecule has 0 radical (unpaired) electrons. The number of phenolic OH excluding ortho intramolecular Hbond substituents is 1. The second-order valence-electron chi connectivity index (χ2n) is 27.1. The number of aromatic nitrogens is 1. The zero-order chi connectivity index (χ0) is 56.3. The number of H-pyrrole nitrogens is 1. The van der Waals surface area contributed by atoms with Crippen LogP contribution in [0.4, 0.5) is 0 Å². The number of aryl methyl sites for hydroxylation is 3. The van der Waals surface area contributed by atoms with Crippen LogP contribution >= 0.6 is 21.6 Å². The van der Waals surface area contributed by atoms with E-state index in [2.05, 4.69) is 40.8 Å². The van der Waals surface area contributed by atoms with Crippen molar-refractivity contribution in [2.75, 3.05) is 31.3 Å². The van der Waals surface area contributed by atoms with Crippen LogP contribution in [-0.2, 0) is 25.9 Å². The van der Waals surface area contributed by atoms with E-state index in [-0.39, 0.29) is 66.4 Å². The molecule has 15 heteroatoms. The molecule has 3 heterocycles. The van der Waals surface area contributed by atoms with Crippen molar-refractivity contribution in [3.63, 3.8) is 0 Å². The number of benzene rings is 1. The fourth-order valence-corrected chi connectivity index (χ4v) is 21.2. The maximum atomic E-state index is 12.0. The molecule has 3 aromatic rings. The number of guanidine groups is 1. The van der Waals surface area contributed by atoms with Gasteiger partial charge in [-0.15, -0.1) is 0 Å². The summed E-state index contributed by atoms with van der Waals surface area (Å²) in [6, 6.07) is 10.7. The van der Waals surface area contributed by atoms with Crippen LogP contribution in [0.5, 0.6) is 11.5 Å². The third-order valence-electron chi connectivity index (χ3n) is 22.2. The second-order valence-corrected chi connectivity index (χ2v) is 29.7. The standard InChI is InChI=1S/C66H100N6O7S2/c1-40-14-20-48-44-30-42(16-21-49(48)51(53(67)33-44)38-80-81-39-56(40)72-64(68)70-46-10-4-3-5-11-46)18-23-59-45(36-74)32-47(79-59)19-15-43-17-22-57(76)60(31-43)78-37-58(77)55-34-50-62(54(12-9-29-73)69-35-41(2)75)66-27-8-13-61(66)65(25-6-7-26-65)52(24-28-66)63(50)71-55/h17,22,24,28,31-32,34,40-42,44,46,48-49,51-54,56,58,61-62,69,71,73-77H,3-16,18-21,23,25-27,29-30,33,35-39,67H2,1-2H3,(H3,68,70,72). The average molecular weight is 1150 g/mol. The van der Waals surface area contributed by atoms with Crippen molar-refractivity contribution in [1.82, 2.24) is 15.6 Å². The maximum Gasteiger partial charge on any atom is 0.189 e. The molecule has 1 saturated heterocycles. The van der Waals surface area contributed by atoms with Crippen LogP contribution in [0.2, 0.25) is 0 Å². The largest absolute Gasteiger partial charge is 0.504 e. The molecule has 6 fully saturated rings. The lowest BCUT2D eigenvalue weighted by Gasteiger charge is -2.53. The highest BCUT2D eigenvalue weighted by molar-refractivity contribution is 8.76. The summed E-state index contributed by atoms with van der Waals surface area (Å²) < 4.78 is 12.9. The molecule has 1 aromatic carbocycles. The number of aliphatic imine (C=N–C) groups is 1. The van der Waals surface area contributed by atoms with Crippen molar-refractivity contribution in [2.24, 2.45) is 68.7 Å². The van der Waals surface area contributed by atoms with Crippen molar-refractivity contribution >= 4 is 27.5 Å². The molecule has 2 spiro atoms. The summed E-state index contributed by atoms with van der Waals surface area (Å²) in [5.74, 6) is 9.37.